The van der Waals surface area contributed by atoms with Gasteiger partial charge in [0.2, 0.25) is 5.91 Å². The molecule has 4 atom stereocenters. The van der Waals surface area contributed by atoms with Gasteiger partial charge in [-0.2, -0.15) is 0 Å². The van der Waals surface area contributed by atoms with E-state index in [0.717, 1.165) is 19.5 Å². The highest BCUT2D eigenvalue weighted by Crippen LogP contribution is 2.33. The number of para-hydroxylation sites is 1. The SMILES string of the molecule is C[C@@H]1CN([C@H]2C[C@@H](CO[C@H]3CC[C@H](C(=O)O)CC3)N(C(=O)Cc3cc(Cl)c(NC(=O)c4coc5ccccc45)cc3Cl)C2)C[C@H](C)O1. The summed E-state index contributed by atoms with van der Waals surface area (Å²) in [5, 5.41) is 13.5. The van der Waals surface area contributed by atoms with Gasteiger partial charge >= 0.3 is 5.97 Å². The lowest BCUT2D eigenvalue weighted by Crippen LogP contribution is -2.51. The molecule has 2 aliphatic heterocycles. The number of likely N-dealkylation sites (tertiary alicyclic amines) is 1. The predicted octanol–water partition coefficient (Wildman–Crippen LogP) is 6.27. The number of ether oxygens (including phenoxy) is 2. The van der Waals surface area contributed by atoms with Crippen LogP contribution in [0.5, 0.6) is 0 Å². The van der Waals surface area contributed by atoms with Crippen LogP contribution in [0.3, 0.4) is 0 Å². The van der Waals surface area contributed by atoms with E-state index in [1.165, 1.54) is 6.26 Å². The zero-order valence-corrected chi connectivity index (χ0v) is 28.1. The molecule has 3 fully saturated rings. The summed E-state index contributed by atoms with van der Waals surface area (Å²) in [5.74, 6) is -1.51. The Kier molecular flexibility index (Phi) is 10.4. The Labute approximate surface area is 284 Å². The first kappa shape index (κ1) is 33.7. The molecule has 252 valence electrons. The number of benzene rings is 2. The summed E-state index contributed by atoms with van der Waals surface area (Å²) < 4.78 is 17.8. The minimum absolute atomic E-state index is 0.0129. The molecule has 2 N–H and O–H groups in total. The van der Waals surface area contributed by atoms with E-state index in [9.17, 15) is 19.5 Å². The Morgan fingerprint density at radius 3 is 2.45 bits per heavy atom. The van der Waals surface area contributed by atoms with E-state index in [4.69, 9.17) is 37.1 Å². The maximum Gasteiger partial charge on any atom is 0.306 e. The topological polar surface area (TPSA) is 122 Å². The number of nitrogens with one attached hydrogen (secondary N) is 1. The fourth-order valence-corrected chi connectivity index (χ4v) is 7.75. The van der Waals surface area contributed by atoms with E-state index in [1.807, 2.05) is 23.1 Å². The molecule has 1 aromatic heterocycles. The summed E-state index contributed by atoms with van der Waals surface area (Å²) >= 11 is 13.3. The number of rotatable bonds is 9. The molecule has 2 aromatic carbocycles. The number of carboxylic acids is 1. The molecule has 3 heterocycles. The van der Waals surface area contributed by atoms with Gasteiger partial charge in [0.15, 0.2) is 0 Å². The number of nitrogens with zero attached hydrogens (tertiary/aromatic N) is 2. The van der Waals surface area contributed by atoms with E-state index in [1.54, 1.807) is 18.2 Å². The van der Waals surface area contributed by atoms with Crippen LogP contribution < -0.4 is 5.32 Å². The van der Waals surface area contributed by atoms with Crippen molar-refractivity contribution in [1.29, 1.82) is 0 Å². The van der Waals surface area contributed by atoms with Gasteiger partial charge in [-0.25, -0.2) is 0 Å². The van der Waals surface area contributed by atoms with Crippen LogP contribution in [0.25, 0.3) is 11.0 Å². The van der Waals surface area contributed by atoms with Crippen molar-refractivity contribution in [3.05, 3.63) is 63.8 Å². The van der Waals surface area contributed by atoms with Crippen LogP contribution >= 0.6 is 23.2 Å². The van der Waals surface area contributed by atoms with Crippen molar-refractivity contribution in [2.24, 2.45) is 5.92 Å². The van der Waals surface area contributed by atoms with Crippen molar-refractivity contribution in [1.82, 2.24) is 9.80 Å². The Morgan fingerprint density at radius 1 is 1.00 bits per heavy atom. The molecule has 10 nitrogen and oxygen atoms in total. The minimum atomic E-state index is -0.742. The average molecular weight is 687 g/mol. The number of hydrogen-bond acceptors (Lipinski definition) is 7. The van der Waals surface area contributed by atoms with Crippen molar-refractivity contribution >= 4 is 57.6 Å². The molecule has 1 aliphatic carbocycles. The van der Waals surface area contributed by atoms with Gasteiger partial charge in [-0.3, -0.25) is 19.3 Å². The third-order valence-electron chi connectivity index (χ3n) is 9.68. The maximum absolute atomic E-state index is 13.9. The van der Waals surface area contributed by atoms with Gasteiger partial charge in [0.05, 0.1) is 59.6 Å². The lowest BCUT2D eigenvalue weighted by Gasteiger charge is -2.38. The molecule has 2 saturated heterocycles. The molecule has 0 bridgehead atoms. The molecule has 47 heavy (non-hydrogen) atoms. The number of aliphatic carboxylic acids is 1. The zero-order chi connectivity index (χ0) is 33.2. The van der Waals surface area contributed by atoms with E-state index in [-0.39, 0.29) is 59.6 Å². The first-order valence-electron chi connectivity index (χ1n) is 16.3. The van der Waals surface area contributed by atoms with E-state index in [2.05, 4.69) is 24.1 Å². The minimum Gasteiger partial charge on any atom is -0.481 e. The van der Waals surface area contributed by atoms with Crippen LogP contribution in [-0.2, 0) is 25.5 Å². The smallest absolute Gasteiger partial charge is 0.306 e. The van der Waals surface area contributed by atoms with Crippen LogP contribution in [-0.4, -0.2) is 89.3 Å². The maximum atomic E-state index is 13.9. The lowest BCUT2D eigenvalue weighted by molar-refractivity contribution is -0.144. The highest BCUT2D eigenvalue weighted by molar-refractivity contribution is 6.36. The Balaban J connectivity index is 1.14. The van der Waals surface area contributed by atoms with E-state index < -0.39 is 5.97 Å². The highest BCUT2D eigenvalue weighted by Gasteiger charge is 2.40. The molecule has 0 radical (unpaired) electrons. The molecule has 0 unspecified atom stereocenters. The normalized spacial score (nSPS) is 26.9. The first-order chi connectivity index (χ1) is 22.5. The summed E-state index contributed by atoms with van der Waals surface area (Å²) in [6.07, 6.45) is 5.04. The van der Waals surface area contributed by atoms with Gasteiger partial charge in [-0.1, -0.05) is 41.4 Å². The Bertz CT molecular complexity index is 1610. The number of halogens is 2. The summed E-state index contributed by atoms with van der Waals surface area (Å²) in [6.45, 7) is 6.70. The van der Waals surface area contributed by atoms with Gasteiger partial charge < -0.3 is 29.2 Å². The second kappa shape index (κ2) is 14.5. The van der Waals surface area contributed by atoms with E-state index >= 15 is 0 Å². The van der Waals surface area contributed by atoms with Gasteiger partial charge in [0, 0.05) is 36.1 Å². The highest BCUT2D eigenvalue weighted by atomic mass is 35.5. The summed E-state index contributed by atoms with van der Waals surface area (Å²) in [4.78, 5) is 42.7. The number of carbonyl (C=O) groups excluding carboxylic acids is 2. The number of carboxylic acid groups (broad SMARTS) is 1. The number of hydrogen-bond donors (Lipinski definition) is 2. The van der Waals surface area contributed by atoms with Crippen LogP contribution in [0.2, 0.25) is 10.0 Å². The van der Waals surface area contributed by atoms with Crippen molar-refractivity contribution in [2.45, 2.75) is 82.8 Å². The third-order valence-corrected chi connectivity index (χ3v) is 10.3. The molecule has 3 aromatic rings. The number of furan rings is 1. The monoisotopic (exact) mass is 685 g/mol. The molecule has 0 spiro atoms. The van der Waals surface area contributed by atoms with Crippen LogP contribution in [0.1, 0.15) is 61.9 Å². The number of morpholine rings is 1. The number of fused-ring (bicyclic) bond motifs is 1. The second-order valence-electron chi connectivity index (χ2n) is 13.1. The molecule has 6 rings (SSSR count). The average Bonchev–Trinajstić information content (AvgIpc) is 3.67. The summed E-state index contributed by atoms with van der Waals surface area (Å²) in [5.41, 5.74) is 1.88. The molecule has 12 heteroatoms. The first-order valence-corrected chi connectivity index (χ1v) is 17.1. The lowest BCUT2D eigenvalue weighted by atomic mass is 9.87. The summed E-state index contributed by atoms with van der Waals surface area (Å²) in [7, 11) is 0. The van der Waals surface area contributed by atoms with Crippen LogP contribution in [0.15, 0.2) is 47.1 Å². The fourth-order valence-electron chi connectivity index (χ4n) is 7.29. The Hall–Kier alpha value is -3.15. The van der Waals surface area contributed by atoms with Crippen molar-refractivity contribution in [3.63, 3.8) is 0 Å². The Morgan fingerprint density at radius 2 is 1.72 bits per heavy atom. The van der Waals surface area contributed by atoms with Gasteiger partial charge in [-0.05, 0) is 69.7 Å². The second-order valence-corrected chi connectivity index (χ2v) is 14.0. The zero-order valence-electron chi connectivity index (χ0n) is 26.6. The molecule has 2 amide bonds. The van der Waals surface area contributed by atoms with Crippen molar-refractivity contribution in [2.75, 3.05) is 31.6 Å². The molecule has 3 aliphatic rings. The third kappa shape index (κ3) is 7.78. The molecular weight excluding hydrogens is 645 g/mol. The number of amides is 2. The van der Waals surface area contributed by atoms with E-state index in [0.29, 0.717) is 71.6 Å². The number of carbonyl (C=O) groups is 3. The standard InChI is InChI=1S/C35H41Cl2N3O7/c1-20-15-39(16-21(2)47-20)24-13-25(18-45-26-9-7-22(8-10-26)35(43)44)40(17-24)33(41)12-23-11-30(37)31(14-29(23)36)38-34(42)28-19-46-32-6-4-3-5-27(28)32/h3-6,11,14,19-22,24-26H,7-10,12-13,15-18H2,1-2H3,(H,38,42)(H,43,44)/t20-,21+,22-,24-,25-,26-/m0/s1. The molecular formula is C35H41Cl2N3O7. The van der Waals surface area contributed by atoms with Gasteiger partial charge in [0.1, 0.15) is 11.8 Å². The van der Waals surface area contributed by atoms with Crippen LogP contribution in [0, 0.1) is 5.92 Å². The van der Waals surface area contributed by atoms with Gasteiger partial charge in [0.25, 0.3) is 5.91 Å². The van der Waals surface area contributed by atoms with Gasteiger partial charge in [-0.15, -0.1) is 0 Å². The van der Waals surface area contributed by atoms with Crippen LogP contribution in [0.4, 0.5) is 5.69 Å². The summed E-state index contributed by atoms with van der Waals surface area (Å²) in [6, 6.07) is 10.5. The quantitative estimate of drug-likeness (QED) is 0.270. The van der Waals surface area contributed by atoms with Crippen molar-refractivity contribution < 1.29 is 33.4 Å². The largest absolute Gasteiger partial charge is 0.481 e. The predicted molar refractivity (Wildman–Crippen MR) is 179 cm³/mol. The number of anilines is 1. The molecule has 1 saturated carbocycles. The van der Waals surface area contributed by atoms with Crippen molar-refractivity contribution in [3.8, 4) is 0 Å². The fraction of sp³-hybridized carbons (Fsp3) is 0.514.